The number of nitrogens with two attached hydrogens (primary N) is 1. The first kappa shape index (κ1) is 13.6. The molecule has 100 valence electrons. The van der Waals surface area contributed by atoms with Gasteiger partial charge >= 0.3 is 0 Å². The minimum Gasteiger partial charge on any atom is -0.398 e. The van der Waals surface area contributed by atoms with Gasteiger partial charge in [-0.1, -0.05) is 24.3 Å². The SMILES string of the molecule is CCN(Cc1cccs1)C(=O)Cc1ccccc1N. The van der Waals surface area contributed by atoms with E-state index in [1.807, 2.05) is 47.5 Å². The summed E-state index contributed by atoms with van der Waals surface area (Å²) in [4.78, 5) is 15.4. The molecule has 1 amide bonds. The van der Waals surface area contributed by atoms with Gasteiger partial charge in [-0.05, 0) is 30.0 Å². The second-order valence-corrected chi connectivity index (χ2v) is 5.40. The Hall–Kier alpha value is -1.81. The summed E-state index contributed by atoms with van der Waals surface area (Å²) in [6.07, 6.45) is 0.367. The van der Waals surface area contributed by atoms with E-state index in [0.717, 1.165) is 5.56 Å². The highest BCUT2D eigenvalue weighted by Gasteiger charge is 2.14. The van der Waals surface area contributed by atoms with Crippen molar-refractivity contribution >= 4 is 22.9 Å². The van der Waals surface area contributed by atoms with E-state index in [1.54, 1.807) is 11.3 Å². The maximum atomic E-state index is 12.3. The van der Waals surface area contributed by atoms with Gasteiger partial charge in [-0.15, -0.1) is 11.3 Å². The van der Waals surface area contributed by atoms with Crippen molar-refractivity contribution in [3.63, 3.8) is 0 Å². The van der Waals surface area contributed by atoms with E-state index in [4.69, 9.17) is 5.73 Å². The highest BCUT2D eigenvalue weighted by molar-refractivity contribution is 7.09. The molecule has 2 N–H and O–H groups in total. The van der Waals surface area contributed by atoms with Gasteiger partial charge in [0.05, 0.1) is 13.0 Å². The summed E-state index contributed by atoms with van der Waals surface area (Å²) in [5.41, 5.74) is 7.46. The lowest BCUT2D eigenvalue weighted by Gasteiger charge is -2.20. The van der Waals surface area contributed by atoms with Crippen LogP contribution in [0.4, 0.5) is 5.69 Å². The molecule has 1 heterocycles. The Morgan fingerprint density at radius 1 is 1.26 bits per heavy atom. The molecule has 0 radical (unpaired) electrons. The van der Waals surface area contributed by atoms with E-state index in [0.29, 0.717) is 25.2 Å². The van der Waals surface area contributed by atoms with Crippen LogP contribution in [0.3, 0.4) is 0 Å². The van der Waals surface area contributed by atoms with Crippen LogP contribution in [0.15, 0.2) is 41.8 Å². The molecule has 2 aromatic rings. The minimum atomic E-state index is 0.119. The van der Waals surface area contributed by atoms with Gasteiger partial charge in [-0.2, -0.15) is 0 Å². The van der Waals surface area contributed by atoms with Gasteiger partial charge in [0.15, 0.2) is 0 Å². The molecule has 0 saturated heterocycles. The first-order chi connectivity index (χ1) is 9.20. The fourth-order valence-corrected chi connectivity index (χ4v) is 2.66. The topological polar surface area (TPSA) is 46.3 Å². The van der Waals surface area contributed by atoms with Crippen molar-refractivity contribution in [2.24, 2.45) is 0 Å². The zero-order valence-corrected chi connectivity index (χ0v) is 11.8. The molecule has 0 unspecified atom stereocenters. The van der Waals surface area contributed by atoms with E-state index >= 15 is 0 Å². The smallest absolute Gasteiger partial charge is 0.227 e. The molecular weight excluding hydrogens is 256 g/mol. The number of likely N-dealkylation sites (N-methyl/N-ethyl adjacent to an activating group) is 1. The Morgan fingerprint density at radius 3 is 2.68 bits per heavy atom. The number of thiophene rings is 1. The summed E-state index contributed by atoms with van der Waals surface area (Å²) in [5.74, 6) is 0.119. The number of nitrogens with zero attached hydrogens (tertiary/aromatic N) is 1. The number of carbonyl (C=O) groups is 1. The number of anilines is 1. The summed E-state index contributed by atoms with van der Waals surface area (Å²) in [7, 11) is 0. The zero-order valence-electron chi connectivity index (χ0n) is 11.0. The van der Waals surface area contributed by atoms with Crippen LogP contribution in [-0.2, 0) is 17.8 Å². The van der Waals surface area contributed by atoms with Gasteiger partial charge in [-0.25, -0.2) is 0 Å². The van der Waals surface area contributed by atoms with Crippen LogP contribution in [0.5, 0.6) is 0 Å². The van der Waals surface area contributed by atoms with Gasteiger partial charge < -0.3 is 10.6 Å². The standard InChI is InChI=1S/C15H18N2OS/c1-2-17(11-13-7-5-9-19-13)15(18)10-12-6-3-4-8-14(12)16/h3-9H,2,10-11,16H2,1H3. The van der Waals surface area contributed by atoms with Crippen LogP contribution in [0.1, 0.15) is 17.4 Å². The Kier molecular flexibility index (Phi) is 4.58. The predicted octanol–water partition coefficient (Wildman–Crippen LogP) is 2.92. The van der Waals surface area contributed by atoms with Crippen molar-refractivity contribution in [2.75, 3.05) is 12.3 Å². The summed E-state index contributed by atoms with van der Waals surface area (Å²) < 4.78 is 0. The number of hydrogen-bond donors (Lipinski definition) is 1. The monoisotopic (exact) mass is 274 g/mol. The molecular formula is C15H18N2OS. The largest absolute Gasteiger partial charge is 0.398 e. The Labute approximate surface area is 117 Å². The fourth-order valence-electron chi connectivity index (χ4n) is 1.94. The molecule has 0 aliphatic carbocycles. The molecule has 3 nitrogen and oxygen atoms in total. The predicted molar refractivity (Wildman–Crippen MR) is 80.0 cm³/mol. The van der Waals surface area contributed by atoms with Crippen molar-refractivity contribution in [1.29, 1.82) is 0 Å². The Balaban J connectivity index is 2.03. The number of hydrogen-bond acceptors (Lipinski definition) is 3. The van der Waals surface area contributed by atoms with Gasteiger partial charge in [-0.3, -0.25) is 4.79 Å². The van der Waals surface area contributed by atoms with Crippen molar-refractivity contribution in [3.8, 4) is 0 Å². The molecule has 0 spiro atoms. The van der Waals surface area contributed by atoms with E-state index < -0.39 is 0 Å². The lowest BCUT2D eigenvalue weighted by atomic mass is 10.1. The van der Waals surface area contributed by atoms with Gasteiger partial charge in [0.2, 0.25) is 5.91 Å². The van der Waals surface area contributed by atoms with E-state index in [9.17, 15) is 4.79 Å². The molecule has 0 aliphatic rings. The average Bonchev–Trinajstić information content (AvgIpc) is 2.91. The number of rotatable bonds is 5. The highest BCUT2D eigenvalue weighted by Crippen LogP contribution is 2.15. The Morgan fingerprint density at radius 2 is 2.05 bits per heavy atom. The quantitative estimate of drug-likeness (QED) is 0.852. The number of amides is 1. The van der Waals surface area contributed by atoms with Crippen molar-refractivity contribution in [1.82, 2.24) is 4.90 Å². The maximum Gasteiger partial charge on any atom is 0.227 e. The molecule has 4 heteroatoms. The molecule has 0 bridgehead atoms. The first-order valence-electron chi connectivity index (χ1n) is 6.34. The number of nitrogen functional groups attached to an aromatic ring is 1. The fraction of sp³-hybridized carbons (Fsp3) is 0.267. The lowest BCUT2D eigenvalue weighted by Crippen LogP contribution is -2.31. The summed E-state index contributed by atoms with van der Waals surface area (Å²) in [6, 6.07) is 11.6. The molecule has 0 saturated carbocycles. The minimum absolute atomic E-state index is 0.119. The molecule has 2 rings (SSSR count). The van der Waals surface area contributed by atoms with Crippen molar-refractivity contribution < 1.29 is 4.79 Å². The first-order valence-corrected chi connectivity index (χ1v) is 7.22. The van der Waals surface area contributed by atoms with Gasteiger partial charge in [0, 0.05) is 17.1 Å². The number of para-hydroxylation sites is 1. The van der Waals surface area contributed by atoms with E-state index in [-0.39, 0.29) is 5.91 Å². The lowest BCUT2D eigenvalue weighted by molar-refractivity contribution is -0.130. The van der Waals surface area contributed by atoms with Gasteiger partial charge in [0.25, 0.3) is 0 Å². The summed E-state index contributed by atoms with van der Waals surface area (Å²) >= 11 is 1.67. The third-order valence-corrected chi connectivity index (χ3v) is 3.92. The average molecular weight is 274 g/mol. The van der Waals surface area contributed by atoms with E-state index in [2.05, 4.69) is 6.07 Å². The van der Waals surface area contributed by atoms with Gasteiger partial charge in [0.1, 0.15) is 0 Å². The zero-order chi connectivity index (χ0) is 13.7. The third kappa shape index (κ3) is 3.58. The molecule has 19 heavy (non-hydrogen) atoms. The summed E-state index contributed by atoms with van der Waals surface area (Å²) in [6.45, 7) is 3.39. The Bertz CT molecular complexity index is 537. The number of carbonyl (C=O) groups excluding carboxylic acids is 1. The molecule has 0 fully saturated rings. The molecule has 0 aliphatic heterocycles. The normalized spacial score (nSPS) is 10.4. The summed E-state index contributed by atoms with van der Waals surface area (Å²) in [5, 5.41) is 2.03. The third-order valence-electron chi connectivity index (χ3n) is 3.06. The second-order valence-electron chi connectivity index (χ2n) is 4.36. The van der Waals surface area contributed by atoms with Crippen LogP contribution in [0.25, 0.3) is 0 Å². The van der Waals surface area contributed by atoms with Crippen molar-refractivity contribution in [3.05, 3.63) is 52.2 Å². The van der Waals surface area contributed by atoms with E-state index in [1.165, 1.54) is 4.88 Å². The van der Waals surface area contributed by atoms with Crippen LogP contribution in [0, 0.1) is 0 Å². The van der Waals surface area contributed by atoms with Crippen LogP contribution >= 0.6 is 11.3 Å². The second kappa shape index (κ2) is 6.38. The van der Waals surface area contributed by atoms with Crippen molar-refractivity contribution in [2.45, 2.75) is 19.9 Å². The molecule has 1 aromatic carbocycles. The van der Waals surface area contributed by atoms with Crippen LogP contribution in [-0.4, -0.2) is 17.4 Å². The van der Waals surface area contributed by atoms with Crippen LogP contribution < -0.4 is 5.73 Å². The van der Waals surface area contributed by atoms with Crippen LogP contribution in [0.2, 0.25) is 0 Å². The molecule has 1 aromatic heterocycles. The highest BCUT2D eigenvalue weighted by atomic mass is 32.1. The number of benzene rings is 1. The maximum absolute atomic E-state index is 12.3. The molecule has 0 atom stereocenters.